The summed E-state index contributed by atoms with van der Waals surface area (Å²) in [5.41, 5.74) is 2.85. The lowest BCUT2D eigenvalue weighted by Gasteiger charge is -2.44. The van der Waals surface area contributed by atoms with Crippen molar-refractivity contribution in [1.29, 1.82) is 0 Å². The molecule has 3 nitrogen and oxygen atoms in total. The first-order valence-electron chi connectivity index (χ1n) is 6.96. The SMILES string of the molecule is C1=c2cccc3c2=C(CC1)NC1(CCNCC1)N3. The summed E-state index contributed by atoms with van der Waals surface area (Å²) < 4.78 is 0. The molecule has 4 rings (SSSR count). The molecular formula is C15H19N3. The number of nitrogens with one attached hydrogen (secondary N) is 3. The molecule has 0 saturated carbocycles. The van der Waals surface area contributed by atoms with Gasteiger partial charge in [-0.25, -0.2) is 0 Å². The Morgan fingerprint density at radius 1 is 1.06 bits per heavy atom. The molecule has 0 aromatic heterocycles. The van der Waals surface area contributed by atoms with Gasteiger partial charge in [-0.2, -0.15) is 0 Å². The largest absolute Gasteiger partial charge is 0.366 e. The molecule has 0 radical (unpaired) electrons. The van der Waals surface area contributed by atoms with E-state index < -0.39 is 0 Å². The van der Waals surface area contributed by atoms with Crippen LogP contribution >= 0.6 is 0 Å². The molecule has 3 heteroatoms. The number of hydrogen-bond acceptors (Lipinski definition) is 3. The average molecular weight is 241 g/mol. The Labute approximate surface area is 107 Å². The van der Waals surface area contributed by atoms with Crippen LogP contribution in [0.4, 0.5) is 5.69 Å². The Kier molecular flexibility index (Phi) is 2.18. The lowest BCUT2D eigenvalue weighted by molar-refractivity contribution is 0.304. The molecule has 1 saturated heterocycles. The molecule has 3 N–H and O–H groups in total. The highest BCUT2D eigenvalue weighted by atomic mass is 15.2. The van der Waals surface area contributed by atoms with E-state index in [1.54, 1.807) is 0 Å². The third-order valence-electron chi connectivity index (χ3n) is 4.38. The lowest BCUT2D eigenvalue weighted by Crippen LogP contribution is -2.62. The molecule has 2 aliphatic heterocycles. The number of piperidine rings is 1. The maximum atomic E-state index is 3.81. The summed E-state index contributed by atoms with van der Waals surface area (Å²) in [6.45, 7) is 2.18. The van der Waals surface area contributed by atoms with E-state index in [9.17, 15) is 0 Å². The van der Waals surface area contributed by atoms with Crippen molar-refractivity contribution < 1.29 is 0 Å². The molecule has 94 valence electrons. The predicted molar refractivity (Wildman–Crippen MR) is 74.4 cm³/mol. The molecule has 1 fully saturated rings. The van der Waals surface area contributed by atoms with Crippen LogP contribution in [-0.2, 0) is 0 Å². The first-order chi connectivity index (χ1) is 8.86. The topological polar surface area (TPSA) is 36.1 Å². The molecule has 0 atom stereocenters. The van der Waals surface area contributed by atoms with Crippen molar-refractivity contribution in [2.75, 3.05) is 18.4 Å². The van der Waals surface area contributed by atoms with Gasteiger partial charge in [-0.1, -0.05) is 18.2 Å². The summed E-state index contributed by atoms with van der Waals surface area (Å²) in [6.07, 6.45) is 6.95. The number of benzene rings is 1. The minimum absolute atomic E-state index is 0.0869. The van der Waals surface area contributed by atoms with Gasteiger partial charge < -0.3 is 16.0 Å². The number of rotatable bonds is 0. The molecule has 0 amide bonds. The van der Waals surface area contributed by atoms with Gasteiger partial charge in [0.1, 0.15) is 5.66 Å². The zero-order valence-corrected chi connectivity index (χ0v) is 10.6. The Morgan fingerprint density at radius 2 is 1.94 bits per heavy atom. The van der Waals surface area contributed by atoms with Gasteiger partial charge in [-0.15, -0.1) is 0 Å². The summed E-state index contributed by atoms with van der Waals surface area (Å²) in [5.74, 6) is 0. The second-order valence-electron chi connectivity index (χ2n) is 5.57. The van der Waals surface area contributed by atoms with Crippen LogP contribution in [0.5, 0.6) is 0 Å². The molecule has 0 unspecified atom stereocenters. The van der Waals surface area contributed by atoms with E-state index in [4.69, 9.17) is 0 Å². The van der Waals surface area contributed by atoms with E-state index in [0.29, 0.717) is 0 Å². The normalized spacial score (nSPS) is 23.7. The maximum Gasteiger partial charge on any atom is 0.110 e. The van der Waals surface area contributed by atoms with Gasteiger partial charge in [0, 0.05) is 29.4 Å². The maximum absolute atomic E-state index is 3.81. The first kappa shape index (κ1) is 10.4. The second kappa shape index (κ2) is 3.75. The van der Waals surface area contributed by atoms with Gasteiger partial charge in [0.15, 0.2) is 0 Å². The van der Waals surface area contributed by atoms with Crippen molar-refractivity contribution in [2.45, 2.75) is 31.3 Å². The van der Waals surface area contributed by atoms with Crippen molar-refractivity contribution in [3.05, 3.63) is 28.6 Å². The molecule has 1 aromatic rings. The third kappa shape index (κ3) is 1.47. The Morgan fingerprint density at radius 3 is 2.83 bits per heavy atom. The Bertz CT molecular complexity index is 597. The van der Waals surface area contributed by atoms with Crippen molar-refractivity contribution in [3.63, 3.8) is 0 Å². The predicted octanol–water partition coefficient (Wildman–Crippen LogP) is 0.464. The average Bonchev–Trinajstić information content (AvgIpc) is 2.40. The fraction of sp³-hybridized carbons (Fsp3) is 0.467. The van der Waals surface area contributed by atoms with Gasteiger partial charge in [0.2, 0.25) is 0 Å². The van der Waals surface area contributed by atoms with Gasteiger partial charge in [0.05, 0.1) is 0 Å². The molecule has 3 aliphatic rings. The standard InChI is InChI=1S/C15H19N3/c1-3-11-4-2-6-13-14(11)12(5-1)17-15(18-13)7-9-16-10-8-15/h1,3-5,16-18H,2,6-10H2. The molecule has 2 heterocycles. The van der Waals surface area contributed by atoms with Crippen molar-refractivity contribution >= 4 is 17.5 Å². The lowest BCUT2D eigenvalue weighted by atomic mass is 9.91. The van der Waals surface area contributed by atoms with Crippen LogP contribution in [0.2, 0.25) is 0 Å². The number of anilines is 1. The summed E-state index contributed by atoms with van der Waals surface area (Å²) in [7, 11) is 0. The number of hydrogen-bond donors (Lipinski definition) is 3. The molecular weight excluding hydrogens is 222 g/mol. The van der Waals surface area contributed by atoms with E-state index in [0.717, 1.165) is 38.8 Å². The van der Waals surface area contributed by atoms with Crippen LogP contribution < -0.4 is 26.4 Å². The van der Waals surface area contributed by atoms with Crippen LogP contribution in [-0.4, -0.2) is 18.8 Å². The fourth-order valence-electron chi connectivity index (χ4n) is 3.48. The van der Waals surface area contributed by atoms with Crippen LogP contribution in [0.25, 0.3) is 11.8 Å². The van der Waals surface area contributed by atoms with Crippen molar-refractivity contribution in [3.8, 4) is 0 Å². The van der Waals surface area contributed by atoms with Crippen molar-refractivity contribution in [2.24, 2.45) is 0 Å². The van der Waals surface area contributed by atoms with Crippen LogP contribution in [0.1, 0.15) is 25.7 Å². The highest BCUT2D eigenvalue weighted by Gasteiger charge is 2.35. The molecule has 1 aromatic carbocycles. The highest BCUT2D eigenvalue weighted by molar-refractivity contribution is 5.64. The molecule has 1 spiro atoms. The first-order valence-corrected chi connectivity index (χ1v) is 6.96. The Hall–Kier alpha value is -1.48. The quantitative estimate of drug-likeness (QED) is 0.618. The van der Waals surface area contributed by atoms with Gasteiger partial charge in [-0.05, 0) is 37.2 Å². The summed E-state index contributed by atoms with van der Waals surface area (Å²) in [6, 6.07) is 6.62. The summed E-state index contributed by atoms with van der Waals surface area (Å²) in [5, 5.41) is 13.8. The summed E-state index contributed by atoms with van der Waals surface area (Å²) >= 11 is 0. The fourth-order valence-corrected chi connectivity index (χ4v) is 3.48. The minimum atomic E-state index is 0.0869. The third-order valence-corrected chi connectivity index (χ3v) is 4.38. The van der Waals surface area contributed by atoms with Crippen LogP contribution in [0, 0.1) is 0 Å². The van der Waals surface area contributed by atoms with E-state index in [2.05, 4.69) is 40.2 Å². The van der Waals surface area contributed by atoms with Crippen molar-refractivity contribution in [1.82, 2.24) is 10.6 Å². The molecule has 1 aliphatic carbocycles. The monoisotopic (exact) mass is 241 g/mol. The van der Waals surface area contributed by atoms with Gasteiger partial charge in [0.25, 0.3) is 0 Å². The van der Waals surface area contributed by atoms with Gasteiger partial charge in [-0.3, -0.25) is 0 Å². The van der Waals surface area contributed by atoms with Gasteiger partial charge >= 0.3 is 0 Å². The van der Waals surface area contributed by atoms with E-state index in [-0.39, 0.29) is 5.66 Å². The Balaban J connectivity index is 1.88. The van der Waals surface area contributed by atoms with E-state index in [1.807, 2.05) is 0 Å². The smallest absolute Gasteiger partial charge is 0.110 e. The molecule has 0 bridgehead atoms. The molecule has 18 heavy (non-hydrogen) atoms. The van der Waals surface area contributed by atoms with Crippen LogP contribution in [0.3, 0.4) is 0 Å². The minimum Gasteiger partial charge on any atom is -0.366 e. The highest BCUT2D eigenvalue weighted by Crippen LogP contribution is 2.26. The zero-order chi connectivity index (χ0) is 12.0. The summed E-state index contributed by atoms with van der Waals surface area (Å²) in [4.78, 5) is 0. The van der Waals surface area contributed by atoms with Crippen LogP contribution in [0.15, 0.2) is 18.2 Å². The van der Waals surface area contributed by atoms with E-state index in [1.165, 1.54) is 21.8 Å². The second-order valence-corrected chi connectivity index (χ2v) is 5.57. The zero-order valence-electron chi connectivity index (χ0n) is 10.6. The van der Waals surface area contributed by atoms with E-state index >= 15 is 0 Å².